The highest BCUT2D eigenvalue weighted by atomic mass is 16.2. The van der Waals surface area contributed by atoms with Crippen LogP contribution < -0.4 is 16.6 Å². The maximum absolute atomic E-state index is 12.3. The zero-order valence-corrected chi connectivity index (χ0v) is 13.5. The van der Waals surface area contributed by atoms with Crippen LogP contribution in [0.2, 0.25) is 0 Å². The van der Waals surface area contributed by atoms with Gasteiger partial charge in [0.05, 0.1) is 6.33 Å². The predicted molar refractivity (Wildman–Crippen MR) is 82.8 cm³/mol. The normalized spacial score (nSPS) is 12.8. The number of carbonyl (C=O) groups excluding carboxylic acids is 1. The molecule has 0 bridgehead atoms. The van der Waals surface area contributed by atoms with Gasteiger partial charge in [-0.2, -0.15) is 0 Å². The van der Waals surface area contributed by atoms with E-state index in [1.54, 1.807) is 14.0 Å². The third-order valence-electron chi connectivity index (χ3n) is 3.65. The second-order valence-corrected chi connectivity index (χ2v) is 5.84. The first-order chi connectivity index (χ1) is 10.3. The molecule has 8 heteroatoms. The molecule has 120 valence electrons. The smallest absolute Gasteiger partial charge is 0.332 e. The van der Waals surface area contributed by atoms with E-state index in [1.807, 2.05) is 13.8 Å². The molecule has 0 saturated heterocycles. The fraction of sp³-hybridized carbons (Fsp3) is 0.571. The van der Waals surface area contributed by atoms with Gasteiger partial charge in [0.25, 0.3) is 5.56 Å². The topological polar surface area (TPSA) is 90.9 Å². The number of nitrogens with one attached hydrogen (secondary N) is 1. The molecule has 22 heavy (non-hydrogen) atoms. The van der Waals surface area contributed by atoms with Gasteiger partial charge in [-0.3, -0.25) is 18.7 Å². The molecule has 0 radical (unpaired) electrons. The number of hydrogen-bond acceptors (Lipinski definition) is 4. The van der Waals surface area contributed by atoms with Crippen LogP contribution in [0.25, 0.3) is 11.2 Å². The molecular weight excluding hydrogens is 286 g/mol. The van der Waals surface area contributed by atoms with Crippen LogP contribution >= 0.6 is 0 Å². The van der Waals surface area contributed by atoms with Crippen LogP contribution in [0.4, 0.5) is 0 Å². The van der Waals surface area contributed by atoms with Gasteiger partial charge in [0.1, 0.15) is 6.04 Å². The summed E-state index contributed by atoms with van der Waals surface area (Å²) in [6, 6.07) is -0.589. The third kappa shape index (κ3) is 2.56. The minimum atomic E-state index is -0.589. The Kier molecular flexibility index (Phi) is 4.20. The zero-order chi connectivity index (χ0) is 16.6. The van der Waals surface area contributed by atoms with E-state index < -0.39 is 17.3 Å². The maximum Gasteiger partial charge on any atom is 0.332 e. The monoisotopic (exact) mass is 307 g/mol. The summed E-state index contributed by atoms with van der Waals surface area (Å²) in [5.74, 6) is 0.147. The molecule has 0 aliphatic carbocycles. The van der Waals surface area contributed by atoms with Crippen molar-refractivity contribution in [3.8, 4) is 0 Å². The average molecular weight is 307 g/mol. The molecule has 2 aromatic heterocycles. The van der Waals surface area contributed by atoms with Crippen molar-refractivity contribution in [3.05, 3.63) is 27.2 Å². The summed E-state index contributed by atoms with van der Waals surface area (Å²) in [5.41, 5.74) is -0.382. The average Bonchev–Trinajstić information content (AvgIpc) is 2.92. The van der Waals surface area contributed by atoms with Crippen molar-refractivity contribution in [3.63, 3.8) is 0 Å². The molecule has 2 heterocycles. The number of aryl methyl sites for hydroxylation is 1. The van der Waals surface area contributed by atoms with Gasteiger partial charge < -0.3 is 9.88 Å². The highest BCUT2D eigenvalue weighted by Crippen LogP contribution is 2.13. The predicted octanol–water partition coefficient (Wildman–Crippen LogP) is -0.233. The lowest BCUT2D eigenvalue weighted by atomic mass is 10.2. The van der Waals surface area contributed by atoms with Gasteiger partial charge in [0.15, 0.2) is 11.2 Å². The number of hydrogen-bond donors (Lipinski definition) is 1. The van der Waals surface area contributed by atoms with E-state index in [2.05, 4.69) is 10.3 Å². The fourth-order valence-corrected chi connectivity index (χ4v) is 2.24. The lowest BCUT2D eigenvalue weighted by Crippen LogP contribution is -2.39. The van der Waals surface area contributed by atoms with Gasteiger partial charge in [0.2, 0.25) is 5.91 Å². The first-order valence-corrected chi connectivity index (χ1v) is 7.16. The summed E-state index contributed by atoms with van der Waals surface area (Å²) in [6.45, 7) is 6.26. The van der Waals surface area contributed by atoms with Crippen molar-refractivity contribution in [2.75, 3.05) is 6.54 Å². The molecule has 0 aromatic carbocycles. The van der Waals surface area contributed by atoms with E-state index in [-0.39, 0.29) is 17.1 Å². The number of fused-ring (bicyclic) bond motifs is 1. The van der Waals surface area contributed by atoms with Crippen molar-refractivity contribution >= 4 is 17.1 Å². The molecule has 2 rings (SSSR count). The lowest BCUT2D eigenvalue weighted by Gasteiger charge is -2.15. The van der Waals surface area contributed by atoms with E-state index in [9.17, 15) is 14.4 Å². The molecule has 0 fully saturated rings. The SMILES string of the molecule is CC(C)CNC(=O)C(C)n1cnc2c1c(=O)n(C)c(=O)n2C. The Balaban J connectivity index is 2.52. The van der Waals surface area contributed by atoms with Crippen molar-refractivity contribution in [2.45, 2.75) is 26.8 Å². The van der Waals surface area contributed by atoms with Crippen LogP contribution in [0.1, 0.15) is 26.8 Å². The quantitative estimate of drug-likeness (QED) is 0.844. The number of carbonyl (C=O) groups is 1. The van der Waals surface area contributed by atoms with E-state index >= 15 is 0 Å². The van der Waals surface area contributed by atoms with Gasteiger partial charge in [-0.15, -0.1) is 0 Å². The van der Waals surface area contributed by atoms with Crippen molar-refractivity contribution in [1.82, 2.24) is 24.0 Å². The number of imidazole rings is 1. The van der Waals surface area contributed by atoms with Gasteiger partial charge in [0, 0.05) is 20.6 Å². The highest BCUT2D eigenvalue weighted by molar-refractivity contribution is 5.82. The minimum Gasteiger partial charge on any atom is -0.354 e. The molecule has 8 nitrogen and oxygen atoms in total. The first-order valence-electron chi connectivity index (χ1n) is 7.16. The van der Waals surface area contributed by atoms with E-state index in [0.29, 0.717) is 12.5 Å². The standard InChI is InChI=1S/C14H21N5O3/c1-8(2)6-15-12(20)9(3)19-7-16-11-10(19)13(21)18(5)14(22)17(11)4/h7-9H,6H2,1-5H3,(H,15,20). The molecular formula is C14H21N5O3. The van der Waals surface area contributed by atoms with Gasteiger partial charge >= 0.3 is 5.69 Å². The molecule has 0 saturated carbocycles. The first kappa shape index (κ1) is 16.0. The number of nitrogens with zero attached hydrogens (tertiary/aromatic N) is 4. The van der Waals surface area contributed by atoms with Crippen LogP contribution in [0.15, 0.2) is 15.9 Å². The Morgan fingerprint density at radius 1 is 1.23 bits per heavy atom. The largest absolute Gasteiger partial charge is 0.354 e. The lowest BCUT2D eigenvalue weighted by molar-refractivity contribution is -0.123. The fourth-order valence-electron chi connectivity index (χ4n) is 2.24. The number of aromatic nitrogens is 4. The third-order valence-corrected chi connectivity index (χ3v) is 3.65. The van der Waals surface area contributed by atoms with Crippen molar-refractivity contribution in [1.29, 1.82) is 0 Å². The molecule has 0 aliphatic rings. The molecule has 1 N–H and O–H groups in total. The summed E-state index contributed by atoms with van der Waals surface area (Å²) in [6.07, 6.45) is 1.42. The van der Waals surface area contributed by atoms with Crippen LogP contribution in [-0.2, 0) is 18.9 Å². The second kappa shape index (κ2) is 5.78. The molecule has 2 aromatic rings. The Labute approximate surface area is 127 Å². The van der Waals surface area contributed by atoms with Gasteiger partial charge in [-0.05, 0) is 12.8 Å². The molecule has 0 aliphatic heterocycles. The Bertz CT molecular complexity index is 827. The summed E-state index contributed by atoms with van der Waals surface area (Å²) in [5, 5.41) is 2.83. The summed E-state index contributed by atoms with van der Waals surface area (Å²) < 4.78 is 3.82. The van der Waals surface area contributed by atoms with Crippen LogP contribution in [0, 0.1) is 5.92 Å². The summed E-state index contributed by atoms with van der Waals surface area (Å²) in [7, 11) is 2.95. The number of rotatable bonds is 4. The zero-order valence-electron chi connectivity index (χ0n) is 13.5. The van der Waals surface area contributed by atoms with Crippen LogP contribution in [-0.4, -0.2) is 31.1 Å². The van der Waals surface area contributed by atoms with Crippen molar-refractivity contribution in [2.24, 2.45) is 20.0 Å². The molecule has 1 amide bonds. The highest BCUT2D eigenvalue weighted by Gasteiger charge is 2.21. The Morgan fingerprint density at radius 2 is 1.86 bits per heavy atom. The van der Waals surface area contributed by atoms with Gasteiger partial charge in [-0.25, -0.2) is 9.78 Å². The Hall–Kier alpha value is -2.38. The summed E-state index contributed by atoms with van der Waals surface area (Å²) >= 11 is 0. The number of amides is 1. The summed E-state index contributed by atoms with van der Waals surface area (Å²) in [4.78, 5) is 40.5. The second-order valence-electron chi connectivity index (χ2n) is 5.84. The van der Waals surface area contributed by atoms with Crippen molar-refractivity contribution < 1.29 is 4.79 Å². The maximum atomic E-state index is 12.3. The van der Waals surface area contributed by atoms with E-state index in [1.165, 1.54) is 22.5 Å². The van der Waals surface area contributed by atoms with Crippen LogP contribution in [0.3, 0.4) is 0 Å². The Morgan fingerprint density at radius 3 is 2.45 bits per heavy atom. The van der Waals surface area contributed by atoms with Crippen LogP contribution in [0.5, 0.6) is 0 Å². The molecule has 0 spiro atoms. The van der Waals surface area contributed by atoms with Gasteiger partial charge in [-0.1, -0.05) is 13.8 Å². The van der Waals surface area contributed by atoms with E-state index in [4.69, 9.17) is 0 Å². The molecule has 1 atom stereocenters. The molecule has 1 unspecified atom stereocenters. The van der Waals surface area contributed by atoms with E-state index in [0.717, 1.165) is 4.57 Å². The minimum absolute atomic E-state index is 0.191.